The van der Waals surface area contributed by atoms with Gasteiger partial charge in [0.25, 0.3) is 5.56 Å². The molecule has 1 aliphatic carbocycles. The smallest absolute Gasteiger partial charge is 0.317 e. The van der Waals surface area contributed by atoms with Crippen LogP contribution in [-0.4, -0.2) is 28.5 Å². The largest absolute Gasteiger partial charge is 0.335 e. The number of benzene rings is 2. The van der Waals surface area contributed by atoms with Gasteiger partial charge in [-0.25, -0.2) is 4.79 Å². The molecule has 168 valence electrons. The molecule has 5 heteroatoms. The monoisotopic (exact) mass is 431 g/mol. The summed E-state index contributed by atoms with van der Waals surface area (Å²) in [5.74, 6) is 0. The number of aromatic nitrogens is 1. The van der Waals surface area contributed by atoms with Crippen LogP contribution >= 0.6 is 0 Å². The van der Waals surface area contributed by atoms with Crippen molar-refractivity contribution >= 4 is 16.9 Å². The number of nitrogens with one attached hydrogen (secondary N) is 2. The van der Waals surface area contributed by atoms with Gasteiger partial charge < -0.3 is 15.2 Å². The predicted octanol–water partition coefficient (Wildman–Crippen LogP) is 5.23. The van der Waals surface area contributed by atoms with Crippen LogP contribution < -0.4 is 10.9 Å². The number of carbonyl (C=O) groups is 1. The lowest BCUT2D eigenvalue weighted by Gasteiger charge is -2.28. The fourth-order valence-corrected chi connectivity index (χ4v) is 4.58. The quantitative estimate of drug-likeness (QED) is 0.561. The first-order chi connectivity index (χ1) is 15.5. The second-order valence-corrected chi connectivity index (χ2v) is 9.16. The van der Waals surface area contributed by atoms with Crippen molar-refractivity contribution in [3.05, 3.63) is 81.1 Å². The Bertz CT molecular complexity index is 1150. The van der Waals surface area contributed by atoms with Gasteiger partial charge >= 0.3 is 6.03 Å². The lowest BCUT2D eigenvalue weighted by molar-refractivity contribution is 0.187. The highest BCUT2D eigenvalue weighted by Crippen LogP contribution is 2.19. The van der Waals surface area contributed by atoms with Gasteiger partial charge in [-0.3, -0.25) is 4.79 Å². The van der Waals surface area contributed by atoms with Gasteiger partial charge in [-0.1, -0.05) is 61.2 Å². The van der Waals surface area contributed by atoms with E-state index < -0.39 is 0 Å². The van der Waals surface area contributed by atoms with E-state index >= 15 is 0 Å². The van der Waals surface area contributed by atoms with Crippen LogP contribution in [0.15, 0.2) is 53.3 Å². The Morgan fingerprint density at radius 3 is 2.59 bits per heavy atom. The van der Waals surface area contributed by atoms with Crippen molar-refractivity contribution in [3.8, 4) is 0 Å². The Hall–Kier alpha value is -3.08. The third kappa shape index (κ3) is 5.58. The highest BCUT2D eigenvalue weighted by molar-refractivity contribution is 5.80. The van der Waals surface area contributed by atoms with Crippen LogP contribution in [0, 0.1) is 13.8 Å². The number of urea groups is 1. The molecule has 1 aliphatic rings. The molecule has 0 unspecified atom stereocenters. The molecule has 0 aliphatic heterocycles. The summed E-state index contributed by atoms with van der Waals surface area (Å²) >= 11 is 0. The number of aryl methyl sites for hydroxylation is 2. The Morgan fingerprint density at radius 1 is 1.03 bits per heavy atom. The average molecular weight is 432 g/mol. The van der Waals surface area contributed by atoms with Crippen molar-refractivity contribution in [3.63, 3.8) is 0 Å². The SMILES string of the molecule is Cc1cccc(CCN(Cc2cc3ccc(C)cc3[nH]c2=O)C(=O)NC2CCCCC2)c1. The molecule has 0 bridgehead atoms. The Balaban J connectivity index is 1.55. The van der Waals surface area contributed by atoms with E-state index in [0.717, 1.165) is 48.6 Å². The van der Waals surface area contributed by atoms with Crippen LogP contribution in [0.3, 0.4) is 0 Å². The van der Waals surface area contributed by atoms with Crippen LogP contribution in [0.25, 0.3) is 10.9 Å². The fourth-order valence-electron chi connectivity index (χ4n) is 4.58. The van der Waals surface area contributed by atoms with Crippen molar-refractivity contribution < 1.29 is 4.79 Å². The molecule has 2 N–H and O–H groups in total. The zero-order chi connectivity index (χ0) is 22.5. The van der Waals surface area contributed by atoms with E-state index in [1.807, 2.05) is 37.3 Å². The summed E-state index contributed by atoms with van der Waals surface area (Å²) in [6.07, 6.45) is 6.40. The number of pyridine rings is 1. The maximum Gasteiger partial charge on any atom is 0.317 e. The number of H-pyrrole nitrogens is 1. The molecule has 5 nitrogen and oxygen atoms in total. The molecule has 0 atom stereocenters. The third-order valence-electron chi connectivity index (χ3n) is 6.41. The molecule has 1 heterocycles. The minimum absolute atomic E-state index is 0.0760. The van der Waals surface area contributed by atoms with Gasteiger partial charge in [-0.2, -0.15) is 0 Å². The van der Waals surface area contributed by atoms with Gasteiger partial charge in [0, 0.05) is 23.7 Å². The van der Waals surface area contributed by atoms with E-state index in [0.29, 0.717) is 18.7 Å². The van der Waals surface area contributed by atoms with Gasteiger partial charge in [0.15, 0.2) is 0 Å². The first kappa shape index (κ1) is 22.1. The highest BCUT2D eigenvalue weighted by atomic mass is 16.2. The molecular weight excluding hydrogens is 398 g/mol. The van der Waals surface area contributed by atoms with Crippen molar-refractivity contribution in [1.82, 2.24) is 15.2 Å². The van der Waals surface area contributed by atoms with Gasteiger partial charge in [-0.15, -0.1) is 0 Å². The summed E-state index contributed by atoms with van der Waals surface area (Å²) in [5, 5.41) is 4.21. The van der Waals surface area contributed by atoms with E-state index in [9.17, 15) is 9.59 Å². The second-order valence-electron chi connectivity index (χ2n) is 9.16. The summed E-state index contributed by atoms with van der Waals surface area (Å²) in [5.41, 5.74) is 4.83. The van der Waals surface area contributed by atoms with E-state index in [4.69, 9.17) is 0 Å². The summed E-state index contributed by atoms with van der Waals surface area (Å²) in [6, 6.07) is 16.5. The van der Waals surface area contributed by atoms with Crippen LogP contribution in [0.1, 0.15) is 54.4 Å². The van der Waals surface area contributed by atoms with Crippen molar-refractivity contribution in [2.75, 3.05) is 6.54 Å². The van der Waals surface area contributed by atoms with E-state index in [1.54, 1.807) is 4.90 Å². The van der Waals surface area contributed by atoms with E-state index in [-0.39, 0.29) is 17.6 Å². The minimum Gasteiger partial charge on any atom is -0.335 e. The van der Waals surface area contributed by atoms with E-state index in [1.165, 1.54) is 17.5 Å². The maximum atomic E-state index is 13.2. The predicted molar refractivity (Wildman–Crippen MR) is 130 cm³/mol. The Kier molecular flexibility index (Phi) is 6.93. The summed E-state index contributed by atoms with van der Waals surface area (Å²) in [7, 11) is 0. The molecule has 2 aromatic carbocycles. The number of hydrogen-bond acceptors (Lipinski definition) is 2. The molecule has 2 amide bonds. The molecule has 32 heavy (non-hydrogen) atoms. The van der Waals surface area contributed by atoms with Gasteiger partial charge in [-0.05, 0) is 61.8 Å². The number of rotatable bonds is 6. The molecule has 3 aromatic rings. The molecule has 0 saturated heterocycles. The van der Waals surface area contributed by atoms with E-state index in [2.05, 4.69) is 35.4 Å². The minimum atomic E-state index is -0.130. The van der Waals surface area contributed by atoms with Crippen LogP contribution in [0.5, 0.6) is 0 Å². The first-order valence-corrected chi connectivity index (χ1v) is 11.7. The Labute approximate surface area is 189 Å². The fraction of sp³-hybridized carbons (Fsp3) is 0.407. The van der Waals surface area contributed by atoms with Crippen LogP contribution in [0.2, 0.25) is 0 Å². The zero-order valence-electron chi connectivity index (χ0n) is 19.1. The average Bonchev–Trinajstić information content (AvgIpc) is 2.77. The standard InChI is InChI=1S/C27H33N3O2/c1-19-7-6-8-21(15-19)13-14-30(27(32)28-24-9-4-3-5-10-24)18-23-17-22-12-11-20(2)16-25(22)29-26(23)31/h6-8,11-12,15-17,24H,3-5,9-10,13-14,18H2,1-2H3,(H,28,32)(H,29,31). The molecule has 4 rings (SSSR count). The zero-order valence-corrected chi connectivity index (χ0v) is 19.1. The number of fused-ring (bicyclic) bond motifs is 1. The molecule has 1 fully saturated rings. The highest BCUT2D eigenvalue weighted by Gasteiger charge is 2.21. The first-order valence-electron chi connectivity index (χ1n) is 11.7. The summed E-state index contributed by atoms with van der Waals surface area (Å²) < 4.78 is 0. The van der Waals surface area contributed by atoms with Crippen molar-refractivity contribution in [1.29, 1.82) is 0 Å². The number of nitrogens with zero attached hydrogens (tertiary/aromatic N) is 1. The number of aromatic amines is 1. The maximum absolute atomic E-state index is 13.2. The number of amides is 2. The van der Waals surface area contributed by atoms with Crippen molar-refractivity contribution in [2.24, 2.45) is 0 Å². The third-order valence-corrected chi connectivity index (χ3v) is 6.41. The van der Waals surface area contributed by atoms with Gasteiger partial charge in [0.05, 0.1) is 6.54 Å². The van der Waals surface area contributed by atoms with Crippen molar-refractivity contribution in [2.45, 2.75) is 65.0 Å². The molecule has 1 aromatic heterocycles. The van der Waals surface area contributed by atoms with Gasteiger partial charge in [0.1, 0.15) is 0 Å². The molecular formula is C27H33N3O2. The summed E-state index contributed by atoms with van der Waals surface area (Å²) in [6.45, 7) is 4.94. The van der Waals surface area contributed by atoms with Gasteiger partial charge in [0.2, 0.25) is 0 Å². The lowest BCUT2D eigenvalue weighted by atomic mass is 9.96. The molecule has 0 spiro atoms. The number of carbonyl (C=O) groups excluding carboxylic acids is 1. The Morgan fingerprint density at radius 2 is 1.81 bits per heavy atom. The van der Waals surface area contributed by atoms with Crippen LogP contribution in [-0.2, 0) is 13.0 Å². The molecule has 1 saturated carbocycles. The van der Waals surface area contributed by atoms with Crippen LogP contribution in [0.4, 0.5) is 4.79 Å². The summed E-state index contributed by atoms with van der Waals surface area (Å²) in [4.78, 5) is 30.8. The lowest BCUT2D eigenvalue weighted by Crippen LogP contribution is -2.46. The normalized spacial score (nSPS) is 14.4. The second kappa shape index (κ2) is 10.0. The topological polar surface area (TPSA) is 65.2 Å². The number of hydrogen-bond donors (Lipinski definition) is 2. The molecule has 0 radical (unpaired) electrons.